The highest BCUT2D eigenvalue weighted by atomic mass is 32.2. The predicted molar refractivity (Wildman–Crippen MR) is 87.8 cm³/mol. The van der Waals surface area contributed by atoms with Gasteiger partial charge < -0.3 is 10.1 Å². The number of aromatic nitrogens is 2. The number of hydrogen-bond donors (Lipinski definition) is 1. The van der Waals surface area contributed by atoms with Crippen LogP contribution in [0.1, 0.15) is 12.5 Å². The van der Waals surface area contributed by atoms with E-state index in [4.69, 9.17) is 4.74 Å². The molecule has 1 aromatic carbocycles. The van der Waals surface area contributed by atoms with Crippen molar-refractivity contribution in [2.45, 2.75) is 18.4 Å². The summed E-state index contributed by atoms with van der Waals surface area (Å²) in [6, 6.07) is 8.55. The van der Waals surface area contributed by atoms with Crippen molar-refractivity contribution in [2.75, 3.05) is 26.0 Å². The minimum Gasteiger partial charge on any atom is -0.478 e. The molecule has 0 radical (unpaired) electrons. The van der Waals surface area contributed by atoms with Crippen molar-refractivity contribution in [3.63, 3.8) is 0 Å². The molecule has 0 spiro atoms. The zero-order valence-electron chi connectivity index (χ0n) is 13.4. The number of nitrogens with zero attached hydrogens (tertiary/aromatic N) is 3. The molecule has 1 N–H and O–H groups in total. The zero-order chi connectivity index (χ0) is 16.9. The molecule has 2 aromatic rings. The van der Waals surface area contributed by atoms with Gasteiger partial charge in [0.15, 0.2) is 0 Å². The topological polar surface area (TPSA) is 84.4 Å². The molecule has 8 heteroatoms. The standard InChI is InChI=1S/C15H20N4O3S/c1-4-22-15-9-14(17-11-18-15)16-10-12-7-5-6-8-13(12)23(20,21)19(2)3/h5-9,11H,4,10H2,1-3H3,(H,16,17,18). The van der Waals surface area contributed by atoms with Crippen molar-refractivity contribution < 1.29 is 13.2 Å². The molecular formula is C15H20N4O3S. The van der Waals surface area contributed by atoms with Crippen LogP contribution < -0.4 is 10.1 Å². The molecule has 0 atom stereocenters. The third-order valence-corrected chi connectivity index (χ3v) is 5.04. The molecule has 0 bridgehead atoms. The van der Waals surface area contributed by atoms with Crippen molar-refractivity contribution in [1.29, 1.82) is 0 Å². The Balaban J connectivity index is 2.20. The first kappa shape index (κ1) is 17.2. The fourth-order valence-corrected chi connectivity index (χ4v) is 3.06. The summed E-state index contributed by atoms with van der Waals surface area (Å²) in [5, 5.41) is 3.10. The maximum atomic E-state index is 12.4. The Kier molecular flexibility index (Phi) is 5.51. The number of ether oxygens (including phenoxy) is 1. The maximum absolute atomic E-state index is 12.4. The molecule has 1 heterocycles. The van der Waals surface area contributed by atoms with Gasteiger partial charge in [-0.1, -0.05) is 18.2 Å². The molecule has 0 saturated carbocycles. The summed E-state index contributed by atoms with van der Waals surface area (Å²) >= 11 is 0. The molecule has 1 aromatic heterocycles. The highest BCUT2D eigenvalue weighted by molar-refractivity contribution is 7.89. The van der Waals surface area contributed by atoms with E-state index in [1.54, 1.807) is 30.3 Å². The number of hydrogen-bond acceptors (Lipinski definition) is 6. The fraction of sp³-hybridized carbons (Fsp3) is 0.333. The van der Waals surface area contributed by atoms with Gasteiger partial charge in [-0.05, 0) is 18.6 Å². The van der Waals surface area contributed by atoms with Gasteiger partial charge >= 0.3 is 0 Å². The van der Waals surface area contributed by atoms with Crippen molar-refractivity contribution in [3.8, 4) is 5.88 Å². The minimum atomic E-state index is -3.49. The van der Waals surface area contributed by atoms with Crippen LogP contribution in [-0.2, 0) is 16.6 Å². The molecule has 0 aliphatic carbocycles. The molecule has 0 aliphatic rings. The zero-order valence-corrected chi connectivity index (χ0v) is 14.2. The Morgan fingerprint density at radius 2 is 1.96 bits per heavy atom. The molecule has 124 valence electrons. The van der Waals surface area contributed by atoms with E-state index in [0.717, 1.165) is 0 Å². The first-order valence-electron chi connectivity index (χ1n) is 7.14. The second-order valence-electron chi connectivity index (χ2n) is 4.92. The Morgan fingerprint density at radius 3 is 2.65 bits per heavy atom. The van der Waals surface area contributed by atoms with E-state index in [1.165, 1.54) is 24.7 Å². The Morgan fingerprint density at radius 1 is 1.22 bits per heavy atom. The van der Waals surface area contributed by atoms with Gasteiger partial charge in [-0.3, -0.25) is 0 Å². The molecular weight excluding hydrogens is 316 g/mol. The third kappa shape index (κ3) is 4.17. The van der Waals surface area contributed by atoms with E-state index in [1.807, 2.05) is 6.92 Å². The van der Waals surface area contributed by atoms with E-state index < -0.39 is 10.0 Å². The van der Waals surface area contributed by atoms with Gasteiger partial charge in [-0.2, -0.15) is 0 Å². The fourth-order valence-electron chi connectivity index (χ4n) is 1.95. The average Bonchev–Trinajstić information content (AvgIpc) is 2.54. The SMILES string of the molecule is CCOc1cc(NCc2ccccc2S(=O)(=O)N(C)C)ncn1. The summed E-state index contributed by atoms with van der Waals surface area (Å²) in [7, 11) is -0.468. The second-order valence-corrected chi connectivity index (χ2v) is 7.04. The first-order chi connectivity index (χ1) is 10.9. The lowest BCUT2D eigenvalue weighted by Crippen LogP contribution is -2.23. The van der Waals surface area contributed by atoms with E-state index >= 15 is 0 Å². The maximum Gasteiger partial charge on any atom is 0.242 e. The van der Waals surface area contributed by atoms with Gasteiger partial charge in [0.25, 0.3) is 0 Å². The molecule has 0 saturated heterocycles. The van der Waals surface area contributed by atoms with Crippen LogP contribution in [0.15, 0.2) is 41.6 Å². The van der Waals surface area contributed by atoms with Crippen molar-refractivity contribution in [2.24, 2.45) is 0 Å². The normalized spacial score (nSPS) is 11.5. The van der Waals surface area contributed by atoms with Crippen LogP contribution in [0.3, 0.4) is 0 Å². The van der Waals surface area contributed by atoms with Crippen molar-refractivity contribution in [3.05, 3.63) is 42.2 Å². The molecule has 0 unspecified atom stereocenters. The summed E-state index contributed by atoms with van der Waals surface area (Å²) in [6.45, 7) is 2.71. The van der Waals surface area contributed by atoms with E-state index in [9.17, 15) is 8.42 Å². The predicted octanol–water partition coefficient (Wildman–Crippen LogP) is 1.74. The van der Waals surface area contributed by atoms with Gasteiger partial charge in [0.1, 0.15) is 12.1 Å². The minimum absolute atomic E-state index is 0.275. The first-order valence-corrected chi connectivity index (χ1v) is 8.58. The summed E-state index contributed by atoms with van der Waals surface area (Å²) in [5.74, 6) is 1.04. The summed E-state index contributed by atoms with van der Waals surface area (Å²) in [5.41, 5.74) is 0.665. The number of sulfonamides is 1. The van der Waals surface area contributed by atoms with E-state index in [2.05, 4.69) is 15.3 Å². The van der Waals surface area contributed by atoms with Gasteiger partial charge in [0.05, 0.1) is 11.5 Å². The summed E-state index contributed by atoms with van der Waals surface area (Å²) < 4.78 is 31.2. The quantitative estimate of drug-likeness (QED) is 0.829. The third-order valence-electron chi connectivity index (χ3n) is 3.13. The Bertz CT molecular complexity index is 763. The van der Waals surface area contributed by atoms with Crippen LogP contribution in [0.5, 0.6) is 5.88 Å². The molecule has 2 rings (SSSR count). The lowest BCUT2D eigenvalue weighted by molar-refractivity contribution is 0.326. The molecule has 7 nitrogen and oxygen atoms in total. The van der Waals surface area contributed by atoms with Gasteiger partial charge in [0.2, 0.25) is 15.9 Å². The van der Waals surface area contributed by atoms with Crippen molar-refractivity contribution >= 4 is 15.8 Å². The van der Waals surface area contributed by atoms with Crippen molar-refractivity contribution in [1.82, 2.24) is 14.3 Å². The summed E-state index contributed by atoms with van der Waals surface area (Å²) in [4.78, 5) is 8.36. The molecule has 0 amide bonds. The molecule has 0 aliphatic heterocycles. The van der Waals surface area contributed by atoms with Gasteiger partial charge in [-0.15, -0.1) is 0 Å². The smallest absolute Gasteiger partial charge is 0.242 e. The highest BCUT2D eigenvalue weighted by Gasteiger charge is 2.20. The number of nitrogens with one attached hydrogen (secondary N) is 1. The van der Waals surface area contributed by atoms with E-state index in [0.29, 0.717) is 30.4 Å². The van der Waals surface area contributed by atoms with Crippen LogP contribution in [0, 0.1) is 0 Å². The van der Waals surface area contributed by atoms with Crippen LogP contribution in [0.4, 0.5) is 5.82 Å². The Hall–Kier alpha value is -2.19. The van der Waals surface area contributed by atoms with Crippen LogP contribution in [-0.4, -0.2) is 43.4 Å². The van der Waals surface area contributed by atoms with Gasteiger partial charge in [0, 0.05) is 26.7 Å². The molecule has 23 heavy (non-hydrogen) atoms. The van der Waals surface area contributed by atoms with Crippen LogP contribution in [0.25, 0.3) is 0 Å². The second kappa shape index (κ2) is 7.38. The average molecular weight is 336 g/mol. The van der Waals surface area contributed by atoms with Crippen LogP contribution in [0.2, 0.25) is 0 Å². The highest BCUT2D eigenvalue weighted by Crippen LogP contribution is 2.20. The van der Waals surface area contributed by atoms with Crippen LogP contribution >= 0.6 is 0 Å². The van der Waals surface area contributed by atoms with E-state index in [-0.39, 0.29) is 4.90 Å². The lowest BCUT2D eigenvalue weighted by Gasteiger charge is -2.15. The largest absolute Gasteiger partial charge is 0.478 e. The monoisotopic (exact) mass is 336 g/mol. The van der Waals surface area contributed by atoms with Gasteiger partial charge in [-0.25, -0.2) is 22.7 Å². The lowest BCUT2D eigenvalue weighted by atomic mass is 10.2. The Labute approximate surface area is 136 Å². The molecule has 0 fully saturated rings. The summed E-state index contributed by atoms with van der Waals surface area (Å²) in [6.07, 6.45) is 1.40. The number of anilines is 1. The number of benzene rings is 1. The number of rotatable bonds is 7.